The zero-order chi connectivity index (χ0) is 30.3. The SMILES string of the molecule is CC[C@]1(NC(=O)c2ccc(OC)cc2)C(=O)Oc2cc(OC)ccc2[C@@H]1c1cc(C(C)(C)C)c(O)c(C(C)(C)C)c1. The number of fused-ring (bicyclic) bond motifs is 1. The number of aromatic hydroxyl groups is 1. The molecule has 1 amide bonds. The molecule has 0 fully saturated rings. The molecule has 3 aromatic carbocycles. The van der Waals surface area contributed by atoms with Gasteiger partial charge in [0, 0.05) is 23.1 Å². The van der Waals surface area contributed by atoms with Crippen LogP contribution in [0.2, 0.25) is 0 Å². The van der Waals surface area contributed by atoms with Crippen molar-refractivity contribution in [2.24, 2.45) is 0 Å². The highest BCUT2D eigenvalue weighted by Crippen LogP contribution is 2.50. The van der Waals surface area contributed by atoms with E-state index in [2.05, 4.69) is 5.32 Å². The number of esters is 1. The standard InChI is InChI=1S/C34H41NO6/c1-10-34(35-30(37)20-11-13-22(39-8)14-12-20)28(24-16-15-23(40-9)19-27(24)41-31(34)38)21-17-25(32(2,3)4)29(36)26(18-21)33(5,6)7/h11-19,28,36H,10H2,1-9H3,(H,35,37)/t28-,34+/m0/s1. The van der Waals surface area contributed by atoms with Crippen molar-refractivity contribution in [1.82, 2.24) is 5.32 Å². The van der Waals surface area contributed by atoms with Crippen LogP contribution in [0.15, 0.2) is 54.6 Å². The van der Waals surface area contributed by atoms with Crippen LogP contribution in [-0.4, -0.2) is 36.7 Å². The van der Waals surface area contributed by atoms with Gasteiger partial charge in [0.05, 0.1) is 14.2 Å². The van der Waals surface area contributed by atoms with Crippen molar-refractivity contribution in [1.29, 1.82) is 0 Å². The molecule has 0 radical (unpaired) electrons. The Bertz CT molecular complexity index is 1430. The number of carbonyl (C=O) groups excluding carboxylic acids is 2. The predicted molar refractivity (Wildman–Crippen MR) is 159 cm³/mol. The third-order valence-corrected chi connectivity index (χ3v) is 7.92. The summed E-state index contributed by atoms with van der Waals surface area (Å²) in [6.45, 7) is 14.1. The van der Waals surface area contributed by atoms with Gasteiger partial charge in [0.25, 0.3) is 5.91 Å². The van der Waals surface area contributed by atoms with Crippen molar-refractivity contribution in [2.75, 3.05) is 14.2 Å². The Balaban J connectivity index is 2.00. The maximum absolute atomic E-state index is 14.0. The highest BCUT2D eigenvalue weighted by Gasteiger charge is 2.53. The van der Waals surface area contributed by atoms with Gasteiger partial charge in [0.15, 0.2) is 0 Å². The molecule has 41 heavy (non-hydrogen) atoms. The smallest absolute Gasteiger partial charge is 0.338 e. The van der Waals surface area contributed by atoms with Crippen molar-refractivity contribution in [3.8, 4) is 23.0 Å². The molecular weight excluding hydrogens is 518 g/mol. The van der Waals surface area contributed by atoms with Crippen molar-refractivity contribution in [2.45, 2.75) is 77.2 Å². The van der Waals surface area contributed by atoms with Gasteiger partial charge in [0.2, 0.25) is 0 Å². The van der Waals surface area contributed by atoms with Crippen LogP contribution in [-0.2, 0) is 15.6 Å². The first-order valence-corrected chi connectivity index (χ1v) is 13.9. The van der Waals surface area contributed by atoms with E-state index in [4.69, 9.17) is 14.2 Å². The minimum absolute atomic E-state index is 0.242. The van der Waals surface area contributed by atoms with E-state index in [1.54, 1.807) is 44.6 Å². The fraction of sp³-hybridized carbons (Fsp3) is 0.412. The number of amides is 1. The number of carbonyl (C=O) groups is 2. The lowest BCUT2D eigenvalue weighted by Crippen LogP contribution is -2.61. The molecule has 4 rings (SSSR count). The van der Waals surface area contributed by atoms with E-state index in [-0.39, 0.29) is 23.0 Å². The molecule has 3 aromatic rings. The quantitative estimate of drug-likeness (QED) is 0.260. The fourth-order valence-corrected chi connectivity index (χ4v) is 5.55. The van der Waals surface area contributed by atoms with E-state index in [0.717, 1.165) is 22.3 Å². The third kappa shape index (κ3) is 5.50. The van der Waals surface area contributed by atoms with Gasteiger partial charge in [0.1, 0.15) is 28.5 Å². The van der Waals surface area contributed by atoms with E-state index in [9.17, 15) is 14.7 Å². The number of phenols is 1. The lowest BCUT2D eigenvalue weighted by molar-refractivity contribution is -0.144. The van der Waals surface area contributed by atoms with Gasteiger partial charge in [-0.2, -0.15) is 0 Å². The number of methoxy groups -OCH3 is 2. The second-order valence-electron chi connectivity index (χ2n) is 12.7. The van der Waals surface area contributed by atoms with Crippen LogP contribution in [0.3, 0.4) is 0 Å². The average Bonchev–Trinajstić information content (AvgIpc) is 2.92. The van der Waals surface area contributed by atoms with Crippen LogP contribution >= 0.6 is 0 Å². The van der Waals surface area contributed by atoms with Crippen LogP contribution in [0.5, 0.6) is 23.0 Å². The van der Waals surface area contributed by atoms with Crippen molar-refractivity contribution in [3.63, 3.8) is 0 Å². The Labute approximate surface area is 242 Å². The molecule has 0 bridgehead atoms. The molecule has 1 aliphatic heterocycles. The summed E-state index contributed by atoms with van der Waals surface area (Å²) in [5, 5.41) is 14.5. The Morgan fingerprint density at radius 1 is 0.902 bits per heavy atom. The molecule has 0 saturated carbocycles. The summed E-state index contributed by atoms with van der Waals surface area (Å²) in [6.07, 6.45) is 0.264. The van der Waals surface area contributed by atoms with E-state index in [1.807, 2.05) is 72.7 Å². The van der Waals surface area contributed by atoms with Crippen molar-refractivity contribution >= 4 is 11.9 Å². The number of rotatable bonds is 6. The first kappa shape index (κ1) is 30.0. The fourth-order valence-electron chi connectivity index (χ4n) is 5.55. The molecule has 0 spiro atoms. The van der Waals surface area contributed by atoms with Gasteiger partial charge in [-0.3, -0.25) is 4.79 Å². The summed E-state index contributed by atoms with van der Waals surface area (Å²) in [5.41, 5.74) is 1.26. The zero-order valence-corrected chi connectivity index (χ0v) is 25.5. The molecule has 1 heterocycles. The number of hydrogen-bond acceptors (Lipinski definition) is 6. The second-order valence-corrected chi connectivity index (χ2v) is 12.7. The van der Waals surface area contributed by atoms with Gasteiger partial charge in [-0.05, 0) is 64.3 Å². The molecule has 0 saturated heterocycles. The molecule has 218 valence electrons. The third-order valence-electron chi connectivity index (χ3n) is 7.92. The van der Waals surface area contributed by atoms with Crippen LogP contribution < -0.4 is 19.5 Å². The van der Waals surface area contributed by atoms with Gasteiger partial charge in [-0.15, -0.1) is 0 Å². The molecule has 1 aliphatic rings. The second kappa shape index (κ2) is 10.8. The lowest BCUT2D eigenvalue weighted by atomic mass is 9.68. The molecule has 2 N–H and O–H groups in total. The number of nitrogens with one attached hydrogen (secondary N) is 1. The van der Waals surface area contributed by atoms with Gasteiger partial charge >= 0.3 is 5.97 Å². The monoisotopic (exact) mass is 559 g/mol. The maximum atomic E-state index is 14.0. The Morgan fingerprint density at radius 2 is 1.44 bits per heavy atom. The van der Waals surface area contributed by atoms with Crippen LogP contribution in [0.4, 0.5) is 0 Å². The average molecular weight is 560 g/mol. The van der Waals surface area contributed by atoms with Crippen LogP contribution in [0.25, 0.3) is 0 Å². The molecule has 2 atom stereocenters. The minimum atomic E-state index is -1.43. The van der Waals surface area contributed by atoms with E-state index < -0.39 is 23.3 Å². The highest BCUT2D eigenvalue weighted by atomic mass is 16.5. The Morgan fingerprint density at radius 3 is 1.93 bits per heavy atom. The molecular formula is C34H41NO6. The summed E-state index contributed by atoms with van der Waals surface area (Å²) in [5.74, 6) is 0.224. The van der Waals surface area contributed by atoms with Crippen molar-refractivity contribution < 1.29 is 28.9 Å². The topological polar surface area (TPSA) is 94.1 Å². The van der Waals surface area contributed by atoms with Gasteiger partial charge in [-0.25, -0.2) is 4.79 Å². The number of phenolic OH excluding ortho intramolecular Hbond substituents is 1. The van der Waals surface area contributed by atoms with E-state index >= 15 is 0 Å². The van der Waals surface area contributed by atoms with Gasteiger partial charge in [-0.1, -0.05) is 66.7 Å². The first-order valence-electron chi connectivity index (χ1n) is 13.9. The molecule has 7 heteroatoms. The highest BCUT2D eigenvalue weighted by molar-refractivity contribution is 6.00. The normalized spacial score (nSPS) is 18.8. The Hall–Kier alpha value is -4.00. The Kier molecular flexibility index (Phi) is 7.87. The maximum Gasteiger partial charge on any atom is 0.338 e. The van der Waals surface area contributed by atoms with E-state index in [0.29, 0.717) is 22.8 Å². The summed E-state index contributed by atoms with van der Waals surface area (Å²) in [6, 6.07) is 16.1. The first-order chi connectivity index (χ1) is 19.2. The van der Waals surface area contributed by atoms with Crippen LogP contribution in [0.1, 0.15) is 93.4 Å². The number of ether oxygens (including phenoxy) is 3. The summed E-state index contributed by atoms with van der Waals surface area (Å²) in [4.78, 5) is 27.7. The molecule has 0 aromatic heterocycles. The zero-order valence-electron chi connectivity index (χ0n) is 25.5. The number of hydrogen-bond donors (Lipinski definition) is 2. The number of benzene rings is 3. The largest absolute Gasteiger partial charge is 0.507 e. The summed E-state index contributed by atoms with van der Waals surface area (Å²) in [7, 11) is 3.12. The molecule has 0 aliphatic carbocycles. The van der Waals surface area contributed by atoms with Crippen LogP contribution in [0, 0.1) is 0 Å². The van der Waals surface area contributed by atoms with Gasteiger partial charge < -0.3 is 24.6 Å². The molecule has 7 nitrogen and oxygen atoms in total. The van der Waals surface area contributed by atoms with Crippen molar-refractivity contribution in [3.05, 3.63) is 82.4 Å². The molecule has 0 unspecified atom stereocenters. The lowest BCUT2D eigenvalue weighted by Gasteiger charge is -2.43. The minimum Gasteiger partial charge on any atom is -0.507 e. The summed E-state index contributed by atoms with van der Waals surface area (Å²) >= 11 is 0. The van der Waals surface area contributed by atoms with E-state index in [1.165, 1.54) is 0 Å². The summed E-state index contributed by atoms with van der Waals surface area (Å²) < 4.78 is 16.6. The predicted octanol–water partition coefficient (Wildman–Crippen LogP) is 6.63.